The van der Waals surface area contributed by atoms with E-state index in [2.05, 4.69) is 10.1 Å². The third-order valence-electron chi connectivity index (χ3n) is 6.03. The molecular weight excluding hydrogens is 444 g/mol. The van der Waals surface area contributed by atoms with Crippen molar-refractivity contribution in [2.24, 2.45) is 5.92 Å². The molecule has 1 saturated heterocycles. The molecule has 8 nitrogen and oxygen atoms in total. The maximum absolute atomic E-state index is 13.0. The predicted octanol–water partition coefficient (Wildman–Crippen LogP) is 4.89. The Morgan fingerprint density at radius 3 is 2.42 bits per heavy atom. The van der Waals surface area contributed by atoms with Crippen molar-refractivity contribution in [2.45, 2.75) is 19.3 Å². The van der Waals surface area contributed by atoms with E-state index in [0.29, 0.717) is 27.8 Å². The van der Waals surface area contributed by atoms with Crippen LogP contribution in [0.25, 0.3) is 28.0 Å². The van der Waals surface area contributed by atoms with Crippen LogP contribution in [0.15, 0.2) is 59.4 Å². The Kier molecular flexibility index (Phi) is 5.70. The van der Waals surface area contributed by atoms with Crippen LogP contribution in [0.5, 0.6) is 0 Å². The number of nitrogens with one attached hydrogen (secondary N) is 1. The predicted molar refractivity (Wildman–Crippen MR) is 126 cm³/mol. The third-order valence-corrected chi connectivity index (χ3v) is 6.28. The first-order valence-corrected chi connectivity index (χ1v) is 11.1. The summed E-state index contributed by atoms with van der Waals surface area (Å²) in [6, 6.07) is 15.0. The summed E-state index contributed by atoms with van der Waals surface area (Å²) in [6.45, 7) is 1.47. The molecule has 2 aromatic carbocycles. The monoisotopic (exact) mass is 464 g/mol. The topological polar surface area (TPSA) is 103 Å². The minimum absolute atomic E-state index is 0.00729. The standard InChI is InChI=1S/C24H21ClN4O4/c25-18-5-1-17(2-6-18)23-21(13-15-9-11-33-12-10-15)27-28-22(30)14-20(26-24(23)28)16-3-7-19(8-4-16)29(31)32/h1-8,14-15,26H,9-13H2. The summed E-state index contributed by atoms with van der Waals surface area (Å²) < 4.78 is 6.89. The van der Waals surface area contributed by atoms with E-state index < -0.39 is 4.92 Å². The van der Waals surface area contributed by atoms with E-state index >= 15 is 0 Å². The number of halogens is 1. The third kappa shape index (κ3) is 4.27. The Balaban J connectivity index is 1.66. The summed E-state index contributed by atoms with van der Waals surface area (Å²) in [5, 5.41) is 16.3. The fourth-order valence-electron chi connectivity index (χ4n) is 4.29. The zero-order valence-corrected chi connectivity index (χ0v) is 18.4. The second kappa shape index (κ2) is 8.80. The second-order valence-corrected chi connectivity index (χ2v) is 8.61. The van der Waals surface area contributed by atoms with Crippen molar-refractivity contribution in [3.05, 3.63) is 85.8 Å². The average molecular weight is 465 g/mol. The molecular formula is C24H21ClN4O4. The molecule has 33 heavy (non-hydrogen) atoms. The van der Waals surface area contributed by atoms with E-state index in [4.69, 9.17) is 16.3 Å². The van der Waals surface area contributed by atoms with Gasteiger partial charge in [-0.3, -0.25) is 14.9 Å². The molecule has 1 fully saturated rings. The minimum Gasteiger partial charge on any atom is -0.381 e. The number of hydrogen-bond acceptors (Lipinski definition) is 5. The number of H-pyrrole nitrogens is 1. The summed E-state index contributed by atoms with van der Waals surface area (Å²) in [4.78, 5) is 26.9. The van der Waals surface area contributed by atoms with E-state index in [0.717, 1.165) is 49.3 Å². The number of hydrogen-bond donors (Lipinski definition) is 1. The Morgan fingerprint density at radius 2 is 1.76 bits per heavy atom. The molecule has 0 bridgehead atoms. The van der Waals surface area contributed by atoms with Gasteiger partial charge < -0.3 is 9.72 Å². The molecule has 0 radical (unpaired) electrons. The van der Waals surface area contributed by atoms with Crippen molar-refractivity contribution in [1.82, 2.24) is 14.6 Å². The zero-order chi connectivity index (χ0) is 22.9. The number of fused-ring (bicyclic) bond motifs is 1. The normalized spacial score (nSPS) is 14.6. The smallest absolute Gasteiger partial charge is 0.274 e. The second-order valence-electron chi connectivity index (χ2n) is 8.17. The van der Waals surface area contributed by atoms with E-state index in [1.165, 1.54) is 22.7 Å². The van der Waals surface area contributed by atoms with E-state index in [9.17, 15) is 14.9 Å². The summed E-state index contributed by atoms with van der Waals surface area (Å²) >= 11 is 6.11. The summed E-state index contributed by atoms with van der Waals surface area (Å²) in [5.74, 6) is 0.430. The lowest BCUT2D eigenvalue weighted by Crippen LogP contribution is -2.18. The molecule has 9 heteroatoms. The molecule has 0 saturated carbocycles. The maximum Gasteiger partial charge on any atom is 0.274 e. The lowest BCUT2D eigenvalue weighted by Gasteiger charge is -2.21. The highest BCUT2D eigenvalue weighted by Gasteiger charge is 2.22. The molecule has 0 atom stereocenters. The molecule has 0 unspecified atom stereocenters. The first kappa shape index (κ1) is 21.4. The minimum atomic E-state index is -0.450. The van der Waals surface area contributed by atoms with E-state index in [-0.39, 0.29) is 11.2 Å². The van der Waals surface area contributed by atoms with Gasteiger partial charge in [0.2, 0.25) is 0 Å². The largest absolute Gasteiger partial charge is 0.381 e. The lowest BCUT2D eigenvalue weighted by atomic mass is 9.92. The maximum atomic E-state index is 13.0. The Morgan fingerprint density at radius 1 is 1.09 bits per heavy atom. The van der Waals surface area contributed by atoms with Crippen molar-refractivity contribution >= 4 is 22.9 Å². The van der Waals surface area contributed by atoms with Crippen molar-refractivity contribution < 1.29 is 9.66 Å². The molecule has 2 aromatic heterocycles. The van der Waals surface area contributed by atoms with Crippen LogP contribution in [0.4, 0.5) is 5.69 Å². The van der Waals surface area contributed by atoms with Crippen LogP contribution in [0.2, 0.25) is 5.02 Å². The Labute approximate surface area is 193 Å². The number of aromatic amines is 1. The van der Waals surface area contributed by atoms with Crippen LogP contribution in [0, 0.1) is 16.0 Å². The molecule has 3 heterocycles. The highest BCUT2D eigenvalue weighted by atomic mass is 35.5. The fraction of sp³-hybridized carbons (Fsp3) is 0.250. The van der Waals surface area contributed by atoms with Gasteiger partial charge in [0.05, 0.1) is 16.3 Å². The number of benzene rings is 2. The highest BCUT2D eigenvalue weighted by Crippen LogP contribution is 2.32. The van der Waals surface area contributed by atoms with Crippen LogP contribution < -0.4 is 5.56 Å². The van der Waals surface area contributed by atoms with Gasteiger partial charge in [0.25, 0.3) is 11.2 Å². The molecule has 1 aliphatic heterocycles. The van der Waals surface area contributed by atoms with Gasteiger partial charge in [-0.25, -0.2) is 0 Å². The van der Waals surface area contributed by atoms with Gasteiger partial charge in [0, 0.05) is 42.0 Å². The Bertz CT molecular complexity index is 1370. The Hall–Kier alpha value is -3.49. The van der Waals surface area contributed by atoms with Crippen LogP contribution in [0.3, 0.4) is 0 Å². The number of nitro benzene ring substituents is 1. The number of rotatable bonds is 5. The van der Waals surface area contributed by atoms with Gasteiger partial charge in [0.1, 0.15) is 5.65 Å². The molecule has 168 valence electrons. The number of aromatic nitrogens is 3. The van der Waals surface area contributed by atoms with Gasteiger partial charge in [-0.15, -0.1) is 0 Å². The SMILES string of the molecule is O=c1cc(-c2ccc([N+](=O)[O-])cc2)[nH]c2c(-c3ccc(Cl)cc3)c(CC3CCOCC3)nn12. The first-order chi connectivity index (χ1) is 16.0. The van der Waals surface area contributed by atoms with Crippen molar-refractivity contribution in [2.75, 3.05) is 13.2 Å². The highest BCUT2D eigenvalue weighted by molar-refractivity contribution is 6.30. The molecule has 0 aliphatic carbocycles. The molecule has 5 rings (SSSR count). The van der Waals surface area contributed by atoms with Gasteiger partial charge in [-0.2, -0.15) is 9.61 Å². The van der Waals surface area contributed by atoms with Gasteiger partial charge >= 0.3 is 0 Å². The number of ether oxygens (including phenoxy) is 1. The summed E-state index contributed by atoms with van der Waals surface area (Å²) in [5.41, 5.74) is 4.16. The van der Waals surface area contributed by atoms with E-state index in [1.54, 1.807) is 12.1 Å². The molecule has 1 aliphatic rings. The van der Waals surface area contributed by atoms with Gasteiger partial charge in [-0.05, 0) is 60.6 Å². The van der Waals surface area contributed by atoms with E-state index in [1.807, 2.05) is 24.3 Å². The van der Waals surface area contributed by atoms with Crippen LogP contribution >= 0.6 is 11.6 Å². The van der Waals surface area contributed by atoms with Gasteiger partial charge in [0.15, 0.2) is 0 Å². The quantitative estimate of drug-likeness (QED) is 0.334. The lowest BCUT2D eigenvalue weighted by molar-refractivity contribution is -0.384. The first-order valence-electron chi connectivity index (χ1n) is 10.7. The van der Waals surface area contributed by atoms with Crippen LogP contribution in [-0.2, 0) is 11.2 Å². The molecule has 1 N–H and O–H groups in total. The number of nitro groups is 1. The number of non-ortho nitro benzene ring substituents is 1. The zero-order valence-electron chi connectivity index (χ0n) is 17.7. The fourth-order valence-corrected chi connectivity index (χ4v) is 4.42. The molecule has 4 aromatic rings. The van der Waals surface area contributed by atoms with Crippen molar-refractivity contribution in [3.8, 4) is 22.4 Å². The molecule has 0 amide bonds. The average Bonchev–Trinajstić information content (AvgIpc) is 3.19. The van der Waals surface area contributed by atoms with Gasteiger partial charge in [-0.1, -0.05) is 23.7 Å². The van der Waals surface area contributed by atoms with Crippen LogP contribution in [-0.4, -0.2) is 32.7 Å². The van der Waals surface area contributed by atoms with Crippen LogP contribution in [0.1, 0.15) is 18.5 Å². The summed E-state index contributed by atoms with van der Waals surface area (Å²) in [6.07, 6.45) is 2.65. The summed E-state index contributed by atoms with van der Waals surface area (Å²) in [7, 11) is 0. The number of nitrogens with zero attached hydrogens (tertiary/aromatic N) is 3. The van der Waals surface area contributed by atoms with Crippen molar-refractivity contribution in [1.29, 1.82) is 0 Å². The molecule has 0 spiro atoms. The van der Waals surface area contributed by atoms with Crippen molar-refractivity contribution in [3.63, 3.8) is 0 Å².